The first kappa shape index (κ1) is 14.9. The van der Waals surface area contributed by atoms with Gasteiger partial charge in [0.2, 0.25) is 5.91 Å². The van der Waals surface area contributed by atoms with Gasteiger partial charge < -0.3 is 20.3 Å². The van der Waals surface area contributed by atoms with E-state index < -0.39 is 23.9 Å². The summed E-state index contributed by atoms with van der Waals surface area (Å²) in [6.07, 6.45) is 2.12. The molecular weight excluding hydrogens is 238 g/mol. The molecule has 3 atom stereocenters. The maximum absolute atomic E-state index is 11.9. The third-order valence-electron chi connectivity index (χ3n) is 3.29. The van der Waals surface area contributed by atoms with Gasteiger partial charge >= 0.3 is 5.97 Å². The number of amides is 1. The quantitative estimate of drug-likeness (QED) is 0.624. The Morgan fingerprint density at radius 1 is 1.33 bits per heavy atom. The molecule has 3 N–H and O–H groups in total. The average Bonchev–Trinajstić information content (AvgIpc) is 2.36. The number of aliphatic hydroxyl groups is 1. The van der Waals surface area contributed by atoms with Crippen LogP contribution in [0.4, 0.5) is 0 Å². The molecule has 3 unspecified atom stereocenters. The molecule has 6 heteroatoms. The molecule has 0 aromatic heterocycles. The van der Waals surface area contributed by atoms with Crippen LogP contribution in [0.25, 0.3) is 0 Å². The summed E-state index contributed by atoms with van der Waals surface area (Å²) in [4.78, 5) is 23.0. The van der Waals surface area contributed by atoms with Gasteiger partial charge in [-0.2, -0.15) is 0 Å². The summed E-state index contributed by atoms with van der Waals surface area (Å²) in [5, 5.41) is 21.1. The SMILES string of the molecule is COCC(O)CNC(=O)C1CCCCC1C(=O)O. The van der Waals surface area contributed by atoms with Crippen molar-refractivity contribution in [3.63, 3.8) is 0 Å². The van der Waals surface area contributed by atoms with E-state index in [1.54, 1.807) is 0 Å². The van der Waals surface area contributed by atoms with E-state index in [2.05, 4.69) is 5.32 Å². The lowest BCUT2D eigenvalue weighted by atomic mass is 9.78. The summed E-state index contributed by atoms with van der Waals surface area (Å²) < 4.78 is 4.75. The minimum absolute atomic E-state index is 0.0928. The fraction of sp³-hybridized carbons (Fsp3) is 0.833. The number of hydrogen-bond acceptors (Lipinski definition) is 4. The maximum Gasteiger partial charge on any atom is 0.307 e. The van der Waals surface area contributed by atoms with Gasteiger partial charge in [0.05, 0.1) is 24.5 Å². The molecule has 0 spiro atoms. The Labute approximate surface area is 106 Å². The van der Waals surface area contributed by atoms with Crippen molar-refractivity contribution in [3.8, 4) is 0 Å². The Hall–Kier alpha value is -1.14. The molecule has 0 aromatic carbocycles. The number of hydrogen-bond donors (Lipinski definition) is 3. The second-order valence-corrected chi connectivity index (χ2v) is 4.69. The predicted octanol–water partition coefficient (Wildman–Crippen LogP) is 0.000900. The number of rotatable bonds is 6. The first-order valence-electron chi connectivity index (χ1n) is 6.23. The van der Waals surface area contributed by atoms with E-state index in [1.807, 2.05) is 0 Å². The van der Waals surface area contributed by atoms with Crippen LogP contribution in [0.3, 0.4) is 0 Å². The number of aliphatic carboxylic acids is 1. The largest absolute Gasteiger partial charge is 0.481 e. The van der Waals surface area contributed by atoms with Gasteiger partial charge in [-0.15, -0.1) is 0 Å². The van der Waals surface area contributed by atoms with Crippen LogP contribution < -0.4 is 5.32 Å². The number of nitrogens with one attached hydrogen (secondary N) is 1. The number of carbonyl (C=O) groups is 2. The zero-order valence-corrected chi connectivity index (χ0v) is 10.6. The molecule has 0 radical (unpaired) electrons. The Balaban J connectivity index is 2.45. The third kappa shape index (κ3) is 4.27. The summed E-state index contributed by atoms with van der Waals surface area (Å²) in [7, 11) is 1.46. The number of aliphatic hydroxyl groups excluding tert-OH is 1. The number of carbonyl (C=O) groups excluding carboxylic acids is 1. The van der Waals surface area contributed by atoms with Crippen molar-refractivity contribution in [2.75, 3.05) is 20.3 Å². The van der Waals surface area contributed by atoms with Crippen LogP contribution in [-0.2, 0) is 14.3 Å². The van der Waals surface area contributed by atoms with Crippen molar-refractivity contribution in [2.24, 2.45) is 11.8 Å². The molecule has 0 bridgehead atoms. The van der Waals surface area contributed by atoms with Crippen molar-refractivity contribution >= 4 is 11.9 Å². The summed E-state index contributed by atoms with van der Waals surface area (Å²) in [5.41, 5.74) is 0. The van der Waals surface area contributed by atoms with Crippen LogP contribution in [0.15, 0.2) is 0 Å². The van der Waals surface area contributed by atoms with Crippen molar-refractivity contribution < 1.29 is 24.5 Å². The normalized spacial score (nSPS) is 25.4. The van der Waals surface area contributed by atoms with Gasteiger partial charge in [0.1, 0.15) is 0 Å². The van der Waals surface area contributed by atoms with E-state index in [0.717, 1.165) is 12.8 Å². The predicted molar refractivity (Wildman–Crippen MR) is 64.0 cm³/mol. The van der Waals surface area contributed by atoms with Gasteiger partial charge in [0, 0.05) is 13.7 Å². The minimum Gasteiger partial charge on any atom is -0.481 e. The molecule has 1 amide bonds. The molecule has 0 aromatic rings. The first-order chi connectivity index (χ1) is 8.56. The van der Waals surface area contributed by atoms with E-state index in [4.69, 9.17) is 9.84 Å². The molecular formula is C12H21NO5. The third-order valence-corrected chi connectivity index (χ3v) is 3.29. The van der Waals surface area contributed by atoms with Crippen LogP contribution in [0, 0.1) is 11.8 Å². The van der Waals surface area contributed by atoms with Crippen LogP contribution in [0.5, 0.6) is 0 Å². The highest BCUT2D eigenvalue weighted by molar-refractivity contribution is 5.84. The lowest BCUT2D eigenvalue weighted by Gasteiger charge is -2.27. The van der Waals surface area contributed by atoms with Crippen LogP contribution in [-0.4, -0.2) is 48.5 Å². The van der Waals surface area contributed by atoms with E-state index in [0.29, 0.717) is 12.8 Å². The smallest absolute Gasteiger partial charge is 0.307 e. The Morgan fingerprint density at radius 3 is 2.50 bits per heavy atom. The fourth-order valence-corrected chi connectivity index (χ4v) is 2.34. The van der Waals surface area contributed by atoms with Gasteiger partial charge in [0.15, 0.2) is 0 Å². The van der Waals surface area contributed by atoms with Crippen molar-refractivity contribution in [2.45, 2.75) is 31.8 Å². The summed E-state index contributed by atoms with van der Waals surface area (Å²) >= 11 is 0. The zero-order valence-electron chi connectivity index (χ0n) is 10.6. The van der Waals surface area contributed by atoms with Gasteiger partial charge in [-0.25, -0.2) is 0 Å². The molecule has 0 saturated heterocycles. The topological polar surface area (TPSA) is 95.9 Å². The molecule has 1 aliphatic carbocycles. The van der Waals surface area contributed by atoms with Crippen molar-refractivity contribution in [1.82, 2.24) is 5.32 Å². The second kappa shape index (κ2) is 7.33. The van der Waals surface area contributed by atoms with E-state index in [1.165, 1.54) is 7.11 Å². The van der Waals surface area contributed by atoms with Crippen LogP contribution in [0.2, 0.25) is 0 Å². The minimum atomic E-state index is -0.910. The van der Waals surface area contributed by atoms with Crippen molar-refractivity contribution in [1.29, 1.82) is 0 Å². The Bertz CT molecular complexity index is 294. The zero-order chi connectivity index (χ0) is 13.5. The van der Waals surface area contributed by atoms with Crippen LogP contribution >= 0.6 is 0 Å². The molecule has 1 rings (SSSR count). The molecule has 1 fully saturated rings. The summed E-state index contributed by atoms with van der Waals surface area (Å²) in [5.74, 6) is -2.27. The summed E-state index contributed by atoms with van der Waals surface area (Å²) in [6.45, 7) is 0.239. The molecule has 104 valence electrons. The lowest BCUT2D eigenvalue weighted by Crippen LogP contribution is -2.43. The number of carboxylic acids is 1. The molecule has 1 saturated carbocycles. The molecule has 6 nitrogen and oxygen atoms in total. The summed E-state index contributed by atoms with van der Waals surface area (Å²) in [6, 6.07) is 0. The van der Waals surface area contributed by atoms with E-state index in [9.17, 15) is 14.7 Å². The monoisotopic (exact) mass is 259 g/mol. The fourth-order valence-electron chi connectivity index (χ4n) is 2.34. The molecule has 18 heavy (non-hydrogen) atoms. The molecule has 1 aliphatic rings. The van der Waals surface area contributed by atoms with Gasteiger partial charge in [-0.3, -0.25) is 9.59 Å². The van der Waals surface area contributed by atoms with Gasteiger partial charge in [0.25, 0.3) is 0 Å². The van der Waals surface area contributed by atoms with Gasteiger partial charge in [-0.1, -0.05) is 12.8 Å². The van der Waals surface area contributed by atoms with E-state index in [-0.39, 0.29) is 19.1 Å². The Kier molecular flexibility index (Phi) is 6.07. The van der Waals surface area contributed by atoms with Gasteiger partial charge in [-0.05, 0) is 12.8 Å². The molecule has 0 heterocycles. The highest BCUT2D eigenvalue weighted by Crippen LogP contribution is 2.30. The standard InChI is InChI=1S/C12H21NO5/c1-18-7-8(14)6-13-11(15)9-4-2-3-5-10(9)12(16)17/h8-10,14H,2-7H2,1H3,(H,13,15)(H,16,17). The molecule has 0 aliphatic heterocycles. The lowest BCUT2D eigenvalue weighted by molar-refractivity contribution is -0.149. The first-order valence-corrected chi connectivity index (χ1v) is 6.23. The number of methoxy groups -OCH3 is 1. The Morgan fingerprint density at radius 2 is 1.94 bits per heavy atom. The average molecular weight is 259 g/mol. The second-order valence-electron chi connectivity index (χ2n) is 4.69. The maximum atomic E-state index is 11.9. The highest BCUT2D eigenvalue weighted by atomic mass is 16.5. The number of ether oxygens (including phenoxy) is 1. The number of carboxylic acid groups (broad SMARTS) is 1. The highest BCUT2D eigenvalue weighted by Gasteiger charge is 2.35. The van der Waals surface area contributed by atoms with Crippen molar-refractivity contribution in [3.05, 3.63) is 0 Å². The van der Waals surface area contributed by atoms with E-state index >= 15 is 0 Å². The van der Waals surface area contributed by atoms with Crippen LogP contribution in [0.1, 0.15) is 25.7 Å².